The summed E-state index contributed by atoms with van der Waals surface area (Å²) in [6.07, 6.45) is 0.746. The summed E-state index contributed by atoms with van der Waals surface area (Å²) in [5, 5.41) is 3.14. The van der Waals surface area contributed by atoms with Crippen molar-refractivity contribution in [3.63, 3.8) is 0 Å². The normalized spacial score (nSPS) is 15.2. The van der Waals surface area contributed by atoms with Crippen LogP contribution in [0.5, 0.6) is 5.75 Å². The van der Waals surface area contributed by atoms with Gasteiger partial charge in [0, 0.05) is 18.2 Å². The molecule has 0 fully saturated rings. The van der Waals surface area contributed by atoms with E-state index >= 15 is 0 Å². The lowest BCUT2D eigenvalue weighted by Crippen LogP contribution is -2.43. The van der Waals surface area contributed by atoms with E-state index in [0.29, 0.717) is 17.9 Å². The SMILES string of the molecule is CC(C)(C)OC(=O)C(C)(C)Oc1cc(F)c2c(c1)CCNC2. The molecule has 1 aliphatic heterocycles. The summed E-state index contributed by atoms with van der Waals surface area (Å²) in [5.41, 5.74) is -0.173. The van der Waals surface area contributed by atoms with Gasteiger partial charge in [-0.1, -0.05) is 0 Å². The van der Waals surface area contributed by atoms with Crippen LogP contribution < -0.4 is 10.1 Å². The van der Waals surface area contributed by atoms with Crippen LogP contribution in [0.3, 0.4) is 0 Å². The van der Waals surface area contributed by atoms with E-state index in [1.807, 2.05) is 6.07 Å². The van der Waals surface area contributed by atoms with E-state index in [9.17, 15) is 9.18 Å². The van der Waals surface area contributed by atoms with E-state index in [1.54, 1.807) is 34.6 Å². The van der Waals surface area contributed by atoms with Crippen LogP contribution in [0.2, 0.25) is 0 Å². The van der Waals surface area contributed by atoms with Crippen molar-refractivity contribution in [2.24, 2.45) is 0 Å². The van der Waals surface area contributed by atoms with Crippen molar-refractivity contribution in [1.29, 1.82) is 0 Å². The van der Waals surface area contributed by atoms with Crippen LogP contribution in [-0.2, 0) is 22.5 Å². The molecule has 5 heteroatoms. The highest BCUT2D eigenvalue weighted by atomic mass is 19.1. The van der Waals surface area contributed by atoms with Gasteiger partial charge in [0.25, 0.3) is 0 Å². The Bertz CT molecular complexity index is 576. The maximum absolute atomic E-state index is 14.1. The molecule has 4 nitrogen and oxygen atoms in total. The van der Waals surface area contributed by atoms with Crippen LogP contribution >= 0.6 is 0 Å². The van der Waals surface area contributed by atoms with Gasteiger partial charge in [-0.2, -0.15) is 0 Å². The third-order valence-electron chi connectivity index (χ3n) is 3.40. The fourth-order valence-electron chi connectivity index (χ4n) is 2.32. The Morgan fingerprint density at radius 1 is 1.23 bits per heavy atom. The Morgan fingerprint density at radius 3 is 2.55 bits per heavy atom. The third-order valence-corrected chi connectivity index (χ3v) is 3.40. The van der Waals surface area contributed by atoms with Gasteiger partial charge in [0.05, 0.1) is 0 Å². The van der Waals surface area contributed by atoms with E-state index in [2.05, 4.69) is 5.32 Å². The predicted octanol–water partition coefficient (Wildman–Crippen LogP) is 2.97. The fourth-order valence-corrected chi connectivity index (χ4v) is 2.32. The third kappa shape index (κ3) is 3.97. The molecule has 0 saturated heterocycles. The van der Waals surface area contributed by atoms with Gasteiger partial charge in [0.15, 0.2) is 5.60 Å². The molecule has 2 rings (SSSR count). The smallest absolute Gasteiger partial charge is 0.350 e. The first-order valence-corrected chi connectivity index (χ1v) is 7.53. The van der Waals surface area contributed by atoms with Gasteiger partial charge >= 0.3 is 5.97 Å². The van der Waals surface area contributed by atoms with Crippen LogP contribution in [0.15, 0.2) is 12.1 Å². The average molecular weight is 309 g/mol. The Morgan fingerprint density at radius 2 is 1.91 bits per heavy atom. The maximum Gasteiger partial charge on any atom is 0.350 e. The Labute approximate surface area is 131 Å². The maximum atomic E-state index is 14.1. The molecule has 0 saturated carbocycles. The largest absolute Gasteiger partial charge is 0.476 e. The molecule has 0 bridgehead atoms. The van der Waals surface area contributed by atoms with Gasteiger partial charge in [-0.05, 0) is 59.2 Å². The lowest BCUT2D eigenvalue weighted by atomic mass is 10.00. The van der Waals surface area contributed by atoms with Crippen molar-refractivity contribution >= 4 is 5.97 Å². The number of hydrogen-bond acceptors (Lipinski definition) is 4. The molecular weight excluding hydrogens is 285 g/mol. The van der Waals surface area contributed by atoms with Crippen molar-refractivity contribution in [1.82, 2.24) is 5.32 Å². The Balaban J connectivity index is 2.19. The summed E-state index contributed by atoms with van der Waals surface area (Å²) in [7, 11) is 0. The van der Waals surface area contributed by atoms with E-state index in [-0.39, 0.29) is 5.82 Å². The number of carbonyl (C=O) groups is 1. The molecule has 0 unspecified atom stereocenters. The molecular formula is C17H24FNO3. The lowest BCUT2D eigenvalue weighted by Gasteiger charge is -2.29. The standard InChI is InChI=1S/C17H24FNO3/c1-16(2,3)22-15(20)17(4,5)21-12-8-11-6-7-19-10-13(11)14(18)9-12/h8-9,19H,6-7,10H2,1-5H3. The van der Waals surface area contributed by atoms with Gasteiger partial charge in [-0.25, -0.2) is 9.18 Å². The van der Waals surface area contributed by atoms with Crippen molar-refractivity contribution in [3.8, 4) is 5.75 Å². The number of carbonyl (C=O) groups excluding carboxylic acids is 1. The van der Waals surface area contributed by atoms with Crippen LogP contribution in [0.1, 0.15) is 45.7 Å². The molecule has 1 heterocycles. The number of benzene rings is 1. The number of ether oxygens (including phenoxy) is 2. The van der Waals surface area contributed by atoms with Gasteiger partial charge in [0.2, 0.25) is 0 Å². The Kier molecular flexibility index (Phi) is 4.47. The highest BCUT2D eigenvalue weighted by Crippen LogP contribution is 2.28. The zero-order chi connectivity index (χ0) is 16.5. The number of rotatable bonds is 3. The number of nitrogens with one attached hydrogen (secondary N) is 1. The molecule has 0 amide bonds. The van der Waals surface area contributed by atoms with E-state index in [1.165, 1.54) is 6.07 Å². The summed E-state index contributed by atoms with van der Waals surface area (Å²) >= 11 is 0. The molecule has 22 heavy (non-hydrogen) atoms. The second kappa shape index (κ2) is 5.88. The first kappa shape index (κ1) is 16.7. The van der Waals surface area contributed by atoms with Crippen LogP contribution in [0.25, 0.3) is 0 Å². The molecule has 0 atom stereocenters. The van der Waals surface area contributed by atoms with Crippen molar-refractivity contribution < 1.29 is 18.7 Å². The zero-order valence-electron chi connectivity index (χ0n) is 13.9. The summed E-state index contributed by atoms with van der Waals surface area (Å²) in [5.74, 6) is -0.423. The molecule has 1 aromatic rings. The molecule has 1 aliphatic rings. The van der Waals surface area contributed by atoms with Crippen LogP contribution in [0, 0.1) is 5.82 Å². The molecule has 1 aromatic carbocycles. The summed E-state index contributed by atoms with van der Waals surface area (Å²) in [6.45, 7) is 9.98. The Hall–Kier alpha value is -1.62. The zero-order valence-corrected chi connectivity index (χ0v) is 13.9. The summed E-state index contributed by atoms with van der Waals surface area (Å²) in [4.78, 5) is 12.2. The molecule has 0 spiro atoms. The average Bonchev–Trinajstić information content (AvgIpc) is 2.36. The highest BCUT2D eigenvalue weighted by molar-refractivity contribution is 5.79. The highest BCUT2D eigenvalue weighted by Gasteiger charge is 2.35. The predicted molar refractivity (Wildman–Crippen MR) is 82.4 cm³/mol. The molecule has 1 N–H and O–H groups in total. The number of halogens is 1. The molecule has 122 valence electrons. The molecule has 0 aromatic heterocycles. The number of fused-ring (bicyclic) bond motifs is 1. The molecule has 0 radical (unpaired) electrons. The minimum Gasteiger partial charge on any atom is -0.476 e. The van der Waals surface area contributed by atoms with Gasteiger partial charge in [-0.15, -0.1) is 0 Å². The van der Waals surface area contributed by atoms with E-state index < -0.39 is 17.2 Å². The molecule has 0 aliphatic carbocycles. The van der Waals surface area contributed by atoms with Gasteiger partial charge < -0.3 is 14.8 Å². The van der Waals surface area contributed by atoms with Crippen LogP contribution in [0.4, 0.5) is 4.39 Å². The second-order valence-electron chi connectivity index (χ2n) is 7.08. The van der Waals surface area contributed by atoms with E-state index in [4.69, 9.17) is 9.47 Å². The fraction of sp³-hybridized carbons (Fsp3) is 0.588. The minimum atomic E-state index is -1.18. The monoisotopic (exact) mass is 309 g/mol. The van der Waals surface area contributed by atoms with Crippen molar-refractivity contribution in [3.05, 3.63) is 29.1 Å². The van der Waals surface area contributed by atoms with Crippen molar-refractivity contribution in [2.75, 3.05) is 6.54 Å². The minimum absolute atomic E-state index is 0.306. The summed E-state index contributed by atoms with van der Waals surface area (Å²) in [6, 6.07) is 3.14. The number of hydrogen-bond donors (Lipinski definition) is 1. The van der Waals surface area contributed by atoms with Crippen molar-refractivity contribution in [2.45, 2.75) is 58.8 Å². The first-order chi connectivity index (χ1) is 10.1. The summed E-state index contributed by atoms with van der Waals surface area (Å²) < 4.78 is 25.2. The second-order valence-corrected chi connectivity index (χ2v) is 7.08. The number of esters is 1. The lowest BCUT2D eigenvalue weighted by molar-refractivity contribution is -0.170. The first-order valence-electron chi connectivity index (χ1n) is 7.53. The van der Waals surface area contributed by atoms with Gasteiger partial charge in [0.1, 0.15) is 17.2 Å². The quantitative estimate of drug-likeness (QED) is 0.872. The van der Waals surface area contributed by atoms with Gasteiger partial charge in [-0.3, -0.25) is 0 Å². The van der Waals surface area contributed by atoms with Crippen LogP contribution in [-0.4, -0.2) is 23.7 Å². The topological polar surface area (TPSA) is 47.6 Å². The van der Waals surface area contributed by atoms with E-state index in [0.717, 1.165) is 18.5 Å².